The summed E-state index contributed by atoms with van der Waals surface area (Å²) in [6.07, 6.45) is -1.93. The van der Waals surface area contributed by atoms with Crippen molar-refractivity contribution < 1.29 is 13.2 Å². The molecule has 7 heteroatoms. The van der Waals surface area contributed by atoms with Crippen molar-refractivity contribution >= 4 is 5.70 Å². The monoisotopic (exact) mass is 258 g/mol. The highest BCUT2D eigenvalue weighted by Crippen LogP contribution is 2.33. The number of nitrogens with two attached hydrogens (primary N) is 3. The topological polar surface area (TPSA) is 90.1 Å². The molecule has 0 amide bonds. The first kappa shape index (κ1) is 13.9. The highest BCUT2D eigenvalue weighted by molar-refractivity contribution is 5.67. The molecule has 4 nitrogen and oxygen atoms in total. The molecule has 0 saturated heterocycles. The van der Waals surface area contributed by atoms with Crippen LogP contribution >= 0.6 is 0 Å². The number of hydrogen-bond donors (Lipinski definition) is 4. The van der Waals surface area contributed by atoms with Gasteiger partial charge in [-0.05, 0) is 18.2 Å². The van der Waals surface area contributed by atoms with Gasteiger partial charge in [-0.15, -0.1) is 0 Å². The van der Waals surface area contributed by atoms with Gasteiger partial charge in [0.1, 0.15) is 5.82 Å². The van der Waals surface area contributed by atoms with Crippen LogP contribution in [0.15, 0.2) is 42.2 Å². The minimum absolute atomic E-state index is 0.0545. The van der Waals surface area contributed by atoms with Crippen LogP contribution < -0.4 is 22.7 Å². The molecule has 1 aromatic carbocycles. The predicted molar refractivity (Wildman–Crippen MR) is 63.2 cm³/mol. The van der Waals surface area contributed by atoms with E-state index in [1.54, 1.807) is 0 Å². The molecule has 0 spiro atoms. The lowest BCUT2D eigenvalue weighted by atomic mass is 10.0. The summed E-state index contributed by atoms with van der Waals surface area (Å²) in [5.74, 6) is 5.09. The Hall–Kier alpha value is -2.15. The van der Waals surface area contributed by atoms with Crippen molar-refractivity contribution in [1.29, 1.82) is 0 Å². The number of hydrazine groups is 1. The van der Waals surface area contributed by atoms with Gasteiger partial charge in [-0.25, -0.2) is 5.84 Å². The second-order valence-electron chi connectivity index (χ2n) is 3.43. The Morgan fingerprint density at radius 3 is 2.28 bits per heavy atom. The van der Waals surface area contributed by atoms with Crippen molar-refractivity contribution in [2.75, 3.05) is 0 Å². The van der Waals surface area contributed by atoms with Crippen LogP contribution in [0.3, 0.4) is 0 Å². The Kier molecular flexibility index (Phi) is 4.22. The second-order valence-corrected chi connectivity index (χ2v) is 3.43. The zero-order valence-corrected chi connectivity index (χ0v) is 9.33. The van der Waals surface area contributed by atoms with Crippen LogP contribution in [0.2, 0.25) is 0 Å². The van der Waals surface area contributed by atoms with Gasteiger partial charge in [0.25, 0.3) is 0 Å². The summed E-state index contributed by atoms with van der Waals surface area (Å²) in [5, 5.41) is 0. The molecule has 98 valence electrons. The molecule has 0 radical (unpaired) electrons. The van der Waals surface area contributed by atoms with Crippen molar-refractivity contribution in [3.8, 4) is 0 Å². The molecule has 0 aromatic heterocycles. The van der Waals surface area contributed by atoms with E-state index in [1.807, 2.05) is 0 Å². The largest absolute Gasteiger partial charge is 0.417 e. The van der Waals surface area contributed by atoms with Gasteiger partial charge >= 0.3 is 6.18 Å². The first-order valence-corrected chi connectivity index (χ1v) is 4.92. The summed E-state index contributed by atoms with van der Waals surface area (Å²) >= 11 is 0. The summed E-state index contributed by atoms with van der Waals surface area (Å²) in [6, 6.07) is 5.02. The fourth-order valence-electron chi connectivity index (χ4n) is 1.30. The number of nitrogens with one attached hydrogen (secondary N) is 1. The standard InChI is InChI=1S/C11H13F3N4/c12-11(13,14)8-4-2-1-3-7(8)9(15)5-6-10(16)18-17/h1-6,18H,15-17H2/b9-5-,10-6+. The maximum absolute atomic E-state index is 12.7. The van der Waals surface area contributed by atoms with Crippen molar-refractivity contribution in [3.63, 3.8) is 0 Å². The lowest BCUT2D eigenvalue weighted by Crippen LogP contribution is -2.26. The predicted octanol–water partition coefficient (Wildman–Crippen LogP) is 1.27. The Labute approximate surface area is 102 Å². The van der Waals surface area contributed by atoms with E-state index in [0.29, 0.717) is 0 Å². The second kappa shape index (κ2) is 5.46. The molecule has 7 N–H and O–H groups in total. The third kappa shape index (κ3) is 3.42. The quantitative estimate of drug-likeness (QED) is 0.373. The van der Waals surface area contributed by atoms with Crippen LogP contribution in [0.4, 0.5) is 13.2 Å². The number of alkyl halides is 3. The van der Waals surface area contributed by atoms with Gasteiger partial charge in [0.05, 0.1) is 5.56 Å². The average Bonchev–Trinajstić information content (AvgIpc) is 2.34. The maximum Gasteiger partial charge on any atom is 0.417 e. The molecule has 0 bridgehead atoms. The van der Waals surface area contributed by atoms with Gasteiger partial charge < -0.3 is 16.9 Å². The minimum atomic E-state index is -4.46. The van der Waals surface area contributed by atoms with E-state index in [0.717, 1.165) is 6.07 Å². The van der Waals surface area contributed by atoms with Crippen LogP contribution in [0, 0.1) is 0 Å². The summed E-state index contributed by atoms with van der Waals surface area (Å²) in [5.41, 5.74) is 12.1. The third-order valence-corrected chi connectivity index (χ3v) is 2.15. The molecule has 0 aliphatic heterocycles. The Bertz CT molecular complexity index is 477. The van der Waals surface area contributed by atoms with E-state index < -0.39 is 11.7 Å². The molecule has 0 heterocycles. The normalized spacial score (nSPS) is 13.6. The number of allylic oxidation sites excluding steroid dienone is 2. The van der Waals surface area contributed by atoms with Gasteiger partial charge in [0.15, 0.2) is 0 Å². The van der Waals surface area contributed by atoms with Crippen molar-refractivity contribution in [1.82, 2.24) is 5.43 Å². The lowest BCUT2D eigenvalue weighted by Gasteiger charge is -2.12. The van der Waals surface area contributed by atoms with Crippen LogP contribution in [-0.2, 0) is 6.18 Å². The summed E-state index contributed by atoms with van der Waals surface area (Å²) in [4.78, 5) is 0. The van der Waals surface area contributed by atoms with Gasteiger partial charge in [0, 0.05) is 11.3 Å². The van der Waals surface area contributed by atoms with E-state index in [-0.39, 0.29) is 17.1 Å². The van der Waals surface area contributed by atoms with Crippen LogP contribution in [-0.4, -0.2) is 0 Å². The molecular weight excluding hydrogens is 245 g/mol. The summed E-state index contributed by atoms with van der Waals surface area (Å²) in [7, 11) is 0. The summed E-state index contributed by atoms with van der Waals surface area (Å²) < 4.78 is 38.2. The van der Waals surface area contributed by atoms with Gasteiger partial charge in [-0.2, -0.15) is 13.2 Å². The zero-order chi connectivity index (χ0) is 13.8. The van der Waals surface area contributed by atoms with E-state index in [4.69, 9.17) is 17.3 Å². The van der Waals surface area contributed by atoms with Crippen LogP contribution in [0.25, 0.3) is 5.70 Å². The average molecular weight is 258 g/mol. The third-order valence-electron chi connectivity index (χ3n) is 2.15. The van der Waals surface area contributed by atoms with Crippen LogP contribution in [0.1, 0.15) is 11.1 Å². The van der Waals surface area contributed by atoms with Crippen LogP contribution in [0.5, 0.6) is 0 Å². The van der Waals surface area contributed by atoms with Gasteiger partial charge in [-0.3, -0.25) is 0 Å². The summed E-state index contributed by atoms with van der Waals surface area (Å²) in [6.45, 7) is 0. The van der Waals surface area contributed by atoms with Gasteiger partial charge in [-0.1, -0.05) is 18.2 Å². The Morgan fingerprint density at radius 1 is 1.11 bits per heavy atom. The molecule has 0 fully saturated rings. The zero-order valence-electron chi connectivity index (χ0n) is 9.33. The number of rotatable bonds is 3. The fraction of sp³-hybridized carbons (Fsp3) is 0.0909. The first-order valence-electron chi connectivity index (χ1n) is 4.92. The molecule has 1 aromatic rings. The molecule has 0 atom stereocenters. The molecule has 18 heavy (non-hydrogen) atoms. The lowest BCUT2D eigenvalue weighted by molar-refractivity contribution is -0.137. The van der Waals surface area contributed by atoms with Gasteiger partial charge in [0.2, 0.25) is 0 Å². The molecule has 0 unspecified atom stereocenters. The molecule has 0 aliphatic rings. The number of halogens is 3. The highest BCUT2D eigenvalue weighted by atomic mass is 19.4. The number of benzene rings is 1. The van der Waals surface area contributed by atoms with E-state index in [9.17, 15) is 13.2 Å². The minimum Gasteiger partial charge on any atom is -0.398 e. The fourth-order valence-corrected chi connectivity index (χ4v) is 1.30. The maximum atomic E-state index is 12.7. The Morgan fingerprint density at radius 2 is 1.72 bits per heavy atom. The number of hydrogen-bond acceptors (Lipinski definition) is 4. The van der Waals surface area contributed by atoms with E-state index in [1.165, 1.54) is 30.4 Å². The highest BCUT2D eigenvalue weighted by Gasteiger charge is 2.33. The molecule has 0 aliphatic carbocycles. The first-order chi connectivity index (χ1) is 8.36. The smallest absolute Gasteiger partial charge is 0.398 e. The molecule has 1 rings (SSSR count). The van der Waals surface area contributed by atoms with E-state index in [2.05, 4.69) is 5.43 Å². The van der Waals surface area contributed by atoms with E-state index >= 15 is 0 Å². The van der Waals surface area contributed by atoms with Crippen molar-refractivity contribution in [2.24, 2.45) is 17.3 Å². The Balaban J connectivity index is 3.18. The van der Waals surface area contributed by atoms with Crippen molar-refractivity contribution in [3.05, 3.63) is 53.4 Å². The van der Waals surface area contributed by atoms with Crippen molar-refractivity contribution in [2.45, 2.75) is 6.18 Å². The molecule has 0 saturated carbocycles. The SMILES string of the molecule is NN/C(N)=C/C=C(\N)c1ccccc1C(F)(F)F. The molecular formula is C11H13F3N4.